The Hall–Kier alpha value is -4.15. The lowest BCUT2D eigenvalue weighted by Gasteiger charge is -2.40. The highest BCUT2D eigenvalue weighted by molar-refractivity contribution is 7.99. The number of hydrogen-bond donors (Lipinski definition) is 0. The maximum absolute atomic E-state index is 13.2. The number of ether oxygens (including phenoxy) is 1. The van der Waals surface area contributed by atoms with Crippen molar-refractivity contribution < 1.29 is 14.3 Å². The van der Waals surface area contributed by atoms with Gasteiger partial charge in [-0.15, -0.1) is 10.2 Å². The molecule has 2 amide bonds. The van der Waals surface area contributed by atoms with Crippen LogP contribution in [0.3, 0.4) is 0 Å². The topological polar surface area (TPSA) is 93.5 Å². The number of halogens is 1. The lowest BCUT2D eigenvalue weighted by atomic mass is 10.1. The van der Waals surface area contributed by atoms with Crippen molar-refractivity contribution in [2.45, 2.75) is 31.1 Å². The van der Waals surface area contributed by atoms with E-state index in [9.17, 15) is 9.59 Å². The molecule has 5 aromatic rings. The summed E-state index contributed by atoms with van der Waals surface area (Å²) in [4.78, 5) is 34.7. The molecule has 2 aromatic heterocycles. The van der Waals surface area contributed by atoms with Crippen LogP contribution in [0.15, 0.2) is 78.0 Å². The van der Waals surface area contributed by atoms with Crippen LogP contribution in [0.1, 0.15) is 18.1 Å². The van der Waals surface area contributed by atoms with Crippen LogP contribution >= 0.6 is 23.4 Å². The molecule has 3 heterocycles. The Bertz CT molecular complexity index is 1790. The van der Waals surface area contributed by atoms with Crippen molar-refractivity contribution in [3.8, 4) is 5.75 Å². The van der Waals surface area contributed by atoms with Gasteiger partial charge in [0.2, 0.25) is 17.0 Å². The second kappa shape index (κ2) is 12.6. The minimum absolute atomic E-state index is 0.0118. The van der Waals surface area contributed by atoms with Crippen LogP contribution in [0.4, 0.5) is 0 Å². The number of aromatic nitrogens is 4. The van der Waals surface area contributed by atoms with E-state index in [1.54, 1.807) is 7.11 Å². The molecule has 0 saturated carbocycles. The van der Waals surface area contributed by atoms with Crippen LogP contribution in [0, 0.1) is 0 Å². The monoisotopic (exact) mass is 614 g/mol. The standard InChI is InChI=1S/C32H31ClN6O3S/c1-21-18-37(14-15-38(21)28(40)17-22-10-12-25(42-2)13-11-22)29(41)20-43-32-34-31-30(35-36-32)26-8-3-4-9-27(26)39(31)19-23-6-5-7-24(33)16-23/h3-13,16,21H,14-15,17-20H2,1-2H3. The minimum Gasteiger partial charge on any atom is -0.497 e. The van der Waals surface area contributed by atoms with E-state index in [0.717, 1.165) is 33.3 Å². The largest absolute Gasteiger partial charge is 0.497 e. The molecule has 0 aliphatic carbocycles. The van der Waals surface area contributed by atoms with Crippen molar-refractivity contribution in [3.63, 3.8) is 0 Å². The van der Waals surface area contributed by atoms with Gasteiger partial charge in [0, 0.05) is 42.6 Å². The summed E-state index contributed by atoms with van der Waals surface area (Å²) in [5, 5.41) is 10.9. The van der Waals surface area contributed by atoms with E-state index in [-0.39, 0.29) is 23.6 Å². The van der Waals surface area contributed by atoms with E-state index in [2.05, 4.69) is 14.8 Å². The number of nitrogens with zero attached hydrogens (tertiary/aromatic N) is 6. The number of fused-ring (bicyclic) bond motifs is 3. The number of rotatable bonds is 8. The van der Waals surface area contributed by atoms with E-state index in [1.807, 2.05) is 89.5 Å². The summed E-state index contributed by atoms with van der Waals surface area (Å²) in [6, 6.07) is 23.2. The molecule has 1 atom stereocenters. The van der Waals surface area contributed by atoms with Gasteiger partial charge in [-0.2, -0.15) is 0 Å². The van der Waals surface area contributed by atoms with Gasteiger partial charge in [-0.1, -0.05) is 65.8 Å². The molecule has 0 N–H and O–H groups in total. The average Bonchev–Trinajstić information content (AvgIpc) is 3.32. The van der Waals surface area contributed by atoms with Crippen molar-refractivity contribution in [1.29, 1.82) is 0 Å². The summed E-state index contributed by atoms with van der Waals surface area (Å²) < 4.78 is 7.31. The number of para-hydroxylation sites is 1. The minimum atomic E-state index is -0.0788. The van der Waals surface area contributed by atoms with Gasteiger partial charge in [-0.05, 0) is 48.4 Å². The number of hydrogen-bond acceptors (Lipinski definition) is 7. The lowest BCUT2D eigenvalue weighted by Crippen LogP contribution is -2.56. The normalized spacial score (nSPS) is 15.3. The van der Waals surface area contributed by atoms with Crippen molar-refractivity contribution in [2.75, 3.05) is 32.5 Å². The highest BCUT2D eigenvalue weighted by atomic mass is 35.5. The van der Waals surface area contributed by atoms with E-state index >= 15 is 0 Å². The van der Waals surface area contributed by atoms with Gasteiger partial charge < -0.3 is 19.1 Å². The molecule has 43 heavy (non-hydrogen) atoms. The molecular formula is C32H31ClN6O3S. The molecule has 1 fully saturated rings. The number of methoxy groups -OCH3 is 1. The Balaban J connectivity index is 1.11. The number of carbonyl (C=O) groups is 2. The smallest absolute Gasteiger partial charge is 0.233 e. The van der Waals surface area contributed by atoms with Crippen molar-refractivity contribution >= 4 is 57.2 Å². The SMILES string of the molecule is COc1ccc(CC(=O)N2CCN(C(=O)CSc3nnc4c5ccccc5n(Cc5cccc(Cl)c5)c4n3)CC2C)cc1. The Morgan fingerprint density at radius 3 is 2.56 bits per heavy atom. The third-order valence-corrected chi connectivity index (χ3v) is 8.78. The average molecular weight is 615 g/mol. The molecule has 0 spiro atoms. The molecule has 6 rings (SSSR count). The maximum atomic E-state index is 13.2. The number of benzene rings is 3. The highest BCUT2D eigenvalue weighted by Gasteiger charge is 2.30. The van der Waals surface area contributed by atoms with Crippen LogP contribution in [0.2, 0.25) is 5.02 Å². The fraction of sp³-hybridized carbons (Fsp3) is 0.281. The highest BCUT2D eigenvalue weighted by Crippen LogP contribution is 2.28. The number of piperazine rings is 1. The first-order valence-electron chi connectivity index (χ1n) is 14.1. The lowest BCUT2D eigenvalue weighted by molar-refractivity contribution is -0.140. The van der Waals surface area contributed by atoms with Gasteiger partial charge in [-0.3, -0.25) is 9.59 Å². The van der Waals surface area contributed by atoms with Crippen molar-refractivity contribution in [1.82, 2.24) is 29.5 Å². The molecule has 0 bridgehead atoms. The predicted octanol–water partition coefficient (Wildman–Crippen LogP) is 5.08. The maximum Gasteiger partial charge on any atom is 0.233 e. The summed E-state index contributed by atoms with van der Waals surface area (Å²) in [5.74, 6) is 0.992. The summed E-state index contributed by atoms with van der Waals surface area (Å²) in [6.45, 7) is 4.04. The quantitative estimate of drug-likeness (QED) is 0.225. The van der Waals surface area contributed by atoms with Crippen molar-refractivity contribution in [3.05, 3.63) is 88.9 Å². The van der Waals surface area contributed by atoms with Crippen LogP contribution in [-0.4, -0.2) is 79.9 Å². The number of amides is 2. The first kappa shape index (κ1) is 28.9. The molecule has 3 aromatic carbocycles. The zero-order valence-corrected chi connectivity index (χ0v) is 25.5. The third-order valence-electron chi connectivity index (χ3n) is 7.72. The number of carbonyl (C=O) groups excluding carboxylic acids is 2. The molecule has 1 unspecified atom stereocenters. The Labute approximate surface area is 258 Å². The van der Waals surface area contributed by atoms with Gasteiger partial charge in [0.05, 0.1) is 24.8 Å². The van der Waals surface area contributed by atoms with Gasteiger partial charge in [0.15, 0.2) is 5.65 Å². The molecule has 9 nitrogen and oxygen atoms in total. The van der Waals surface area contributed by atoms with E-state index in [0.29, 0.717) is 48.4 Å². The fourth-order valence-corrected chi connectivity index (χ4v) is 6.42. The summed E-state index contributed by atoms with van der Waals surface area (Å²) in [5.41, 5.74) is 4.42. The zero-order chi connectivity index (χ0) is 29.9. The van der Waals surface area contributed by atoms with Gasteiger partial charge in [-0.25, -0.2) is 4.98 Å². The van der Waals surface area contributed by atoms with Gasteiger partial charge in [0.1, 0.15) is 11.3 Å². The third kappa shape index (κ3) is 6.30. The van der Waals surface area contributed by atoms with Crippen LogP contribution < -0.4 is 4.74 Å². The van der Waals surface area contributed by atoms with Gasteiger partial charge in [0.25, 0.3) is 0 Å². The second-order valence-electron chi connectivity index (χ2n) is 10.6. The van der Waals surface area contributed by atoms with E-state index < -0.39 is 0 Å². The van der Waals surface area contributed by atoms with Crippen LogP contribution in [-0.2, 0) is 22.6 Å². The molecule has 1 aliphatic heterocycles. The van der Waals surface area contributed by atoms with Crippen molar-refractivity contribution in [2.24, 2.45) is 0 Å². The Morgan fingerprint density at radius 1 is 0.977 bits per heavy atom. The van der Waals surface area contributed by atoms with Gasteiger partial charge >= 0.3 is 0 Å². The predicted molar refractivity (Wildman–Crippen MR) is 169 cm³/mol. The molecule has 0 radical (unpaired) electrons. The second-order valence-corrected chi connectivity index (χ2v) is 12.0. The van der Waals surface area contributed by atoms with E-state index in [1.165, 1.54) is 11.8 Å². The summed E-state index contributed by atoms with van der Waals surface area (Å²) in [6.07, 6.45) is 0.318. The number of thioether (sulfide) groups is 1. The fourth-order valence-electron chi connectivity index (χ4n) is 5.52. The van der Waals surface area contributed by atoms with E-state index in [4.69, 9.17) is 21.3 Å². The van der Waals surface area contributed by atoms with Crippen LogP contribution in [0.5, 0.6) is 5.75 Å². The molecular weight excluding hydrogens is 584 g/mol. The zero-order valence-electron chi connectivity index (χ0n) is 23.9. The molecule has 1 saturated heterocycles. The first-order chi connectivity index (χ1) is 20.9. The Morgan fingerprint density at radius 2 is 1.79 bits per heavy atom. The molecule has 220 valence electrons. The first-order valence-corrected chi connectivity index (χ1v) is 15.4. The Kier molecular flexibility index (Phi) is 8.49. The molecule has 11 heteroatoms. The summed E-state index contributed by atoms with van der Waals surface area (Å²) >= 11 is 7.52. The summed E-state index contributed by atoms with van der Waals surface area (Å²) in [7, 11) is 1.62. The molecule has 1 aliphatic rings. The van der Waals surface area contributed by atoms with Crippen LogP contribution in [0.25, 0.3) is 22.1 Å².